The monoisotopic (exact) mass is 176 g/mol. The Balaban J connectivity index is 3.51. The van der Waals surface area contributed by atoms with Gasteiger partial charge in [0.1, 0.15) is 11.5 Å². The summed E-state index contributed by atoms with van der Waals surface area (Å²) in [5.74, 6) is 0.159. The topological polar surface area (TPSA) is 40.5 Å². The molecule has 0 radical (unpaired) electrons. The van der Waals surface area contributed by atoms with Gasteiger partial charge in [-0.3, -0.25) is 0 Å². The van der Waals surface area contributed by atoms with E-state index in [0.29, 0.717) is 0 Å². The predicted molar refractivity (Wildman–Crippen MR) is 53.7 cm³/mol. The molecule has 13 heavy (non-hydrogen) atoms. The van der Waals surface area contributed by atoms with Gasteiger partial charge in [-0.15, -0.1) is 0 Å². The Morgan fingerprint density at radius 3 is 2.62 bits per heavy atom. The van der Waals surface area contributed by atoms with Crippen LogP contribution in [0.2, 0.25) is 0 Å². The van der Waals surface area contributed by atoms with Gasteiger partial charge in [-0.1, -0.05) is 18.7 Å². The summed E-state index contributed by atoms with van der Waals surface area (Å²) in [6.45, 7) is 5.25. The van der Waals surface area contributed by atoms with Gasteiger partial charge in [0.25, 0.3) is 0 Å². The van der Waals surface area contributed by atoms with Crippen LogP contribution in [0.25, 0.3) is 12.2 Å². The maximum absolute atomic E-state index is 9.20. The molecule has 0 aromatic heterocycles. The van der Waals surface area contributed by atoms with Gasteiger partial charge in [0.2, 0.25) is 0 Å². The molecule has 2 N–H and O–H groups in total. The average Bonchev–Trinajstić information content (AvgIpc) is 2.03. The minimum Gasteiger partial charge on any atom is -0.509 e. The lowest BCUT2D eigenvalue weighted by Gasteiger charge is -1.93. The molecule has 0 saturated heterocycles. The molecule has 1 aromatic rings. The van der Waals surface area contributed by atoms with Gasteiger partial charge >= 0.3 is 0 Å². The first-order valence-electron chi connectivity index (χ1n) is 3.98. The molecule has 1 rings (SSSR count). The number of hydrogen-bond donors (Lipinski definition) is 2. The summed E-state index contributed by atoms with van der Waals surface area (Å²) < 4.78 is 0. The first kappa shape index (κ1) is 9.39. The number of benzene rings is 1. The van der Waals surface area contributed by atoms with Crippen molar-refractivity contribution < 1.29 is 10.2 Å². The van der Waals surface area contributed by atoms with Crippen molar-refractivity contribution in [2.24, 2.45) is 0 Å². The Morgan fingerprint density at radius 2 is 2.08 bits per heavy atom. The van der Waals surface area contributed by atoms with E-state index in [2.05, 4.69) is 6.58 Å². The van der Waals surface area contributed by atoms with Crippen LogP contribution < -0.4 is 10.4 Å². The molecule has 0 fully saturated rings. The van der Waals surface area contributed by atoms with E-state index in [1.807, 2.05) is 13.0 Å². The smallest absolute Gasteiger partial charge is 0.116 e. The minimum absolute atomic E-state index is 0.0197. The van der Waals surface area contributed by atoms with Gasteiger partial charge in [-0.25, -0.2) is 0 Å². The molecule has 0 aliphatic heterocycles. The maximum atomic E-state index is 9.20. The quantitative estimate of drug-likeness (QED) is 0.628. The van der Waals surface area contributed by atoms with Crippen molar-refractivity contribution in [1.82, 2.24) is 0 Å². The van der Waals surface area contributed by atoms with Gasteiger partial charge < -0.3 is 10.2 Å². The molecule has 1 aromatic carbocycles. The molecule has 0 amide bonds. The highest BCUT2D eigenvalue weighted by atomic mass is 16.3. The van der Waals surface area contributed by atoms with Crippen LogP contribution in [0, 0.1) is 0 Å². The normalized spacial score (nSPS) is 13.3. The number of aliphatic hydroxyl groups is 1. The summed E-state index contributed by atoms with van der Waals surface area (Å²) in [5, 5.41) is 19.9. The lowest BCUT2D eigenvalue weighted by molar-refractivity contribution is 0.444. The number of phenolic OH excluding ortho intramolecular Hbond substituents is 1. The minimum atomic E-state index is -0.0197. The molecular formula is C11H12O2. The van der Waals surface area contributed by atoms with Crippen molar-refractivity contribution in [3.05, 3.63) is 41.0 Å². The number of aliphatic hydroxyl groups excluding tert-OH is 1. The van der Waals surface area contributed by atoms with Crippen molar-refractivity contribution in [3.8, 4) is 5.75 Å². The largest absolute Gasteiger partial charge is 0.509 e. The number of phenols is 1. The molecule has 0 saturated carbocycles. The third kappa shape index (κ3) is 2.37. The van der Waals surface area contributed by atoms with E-state index in [1.165, 1.54) is 6.08 Å². The molecule has 0 aliphatic rings. The highest BCUT2D eigenvalue weighted by Gasteiger charge is 1.89. The van der Waals surface area contributed by atoms with Crippen molar-refractivity contribution in [2.75, 3.05) is 0 Å². The predicted octanol–water partition coefficient (Wildman–Crippen LogP) is 1.04. The van der Waals surface area contributed by atoms with Crippen LogP contribution in [0.3, 0.4) is 0 Å². The lowest BCUT2D eigenvalue weighted by atomic mass is 10.2. The van der Waals surface area contributed by atoms with Crippen molar-refractivity contribution in [1.29, 1.82) is 0 Å². The van der Waals surface area contributed by atoms with E-state index in [9.17, 15) is 5.11 Å². The SMILES string of the molecule is C=C(O)/C=c1/cc(O)cc/c1=C/C. The summed E-state index contributed by atoms with van der Waals surface area (Å²) in [4.78, 5) is 0. The molecule has 0 aliphatic carbocycles. The molecule has 0 unspecified atom stereocenters. The van der Waals surface area contributed by atoms with E-state index in [-0.39, 0.29) is 11.5 Å². The van der Waals surface area contributed by atoms with E-state index >= 15 is 0 Å². The number of aromatic hydroxyl groups is 1. The molecule has 2 nitrogen and oxygen atoms in total. The first-order chi connectivity index (χ1) is 6.13. The number of rotatable bonds is 1. The van der Waals surface area contributed by atoms with Crippen molar-refractivity contribution in [2.45, 2.75) is 6.92 Å². The Hall–Kier alpha value is -1.70. The fourth-order valence-corrected chi connectivity index (χ4v) is 1.13. The van der Waals surface area contributed by atoms with E-state index in [1.54, 1.807) is 18.2 Å². The van der Waals surface area contributed by atoms with E-state index in [0.717, 1.165) is 10.4 Å². The van der Waals surface area contributed by atoms with Gasteiger partial charge in [0.05, 0.1) is 0 Å². The van der Waals surface area contributed by atoms with Gasteiger partial charge in [-0.05, 0) is 35.6 Å². The molecule has 0 atom stereocenters. The molecule has 68 valence electrons. The third-order valence-corrected chi connectivity index (χ3v) is 1.70. The van der Waals surface area contributed by atoms with Gasteiger partial charge in [0.15, 0.2) is 0 Å². The fourth-order valence-electron chi connectivity index (χ4n) is 1.13. The van der Waals surface area contributed by atoms with Gasteiger partial charge in [-0.2, -0.15) is 0 Å². The standard InChI is InChI=1S/C11H12O2/c1-3-9-4-5-11(13)7-10(9)6-8(2)12/h3-7,12-13H,2H2,1H3/b9-3-,10-6-. The van der Waals surface area contributed by atoms with Crippen LogP contribution in [0.4, 0.5) is 0 Å². The molecule has 0 heterocycles. The summed E-state index contributed by atoms with van der Waals surface area (Å²) in [7, 11) is 0. The second-order valence-corrected chi connectivity index (χ2v) is 2.74. The second-order valence-electron chi connectivity index (χ2n) is 2.74. The zero-order valence-electron chi connectivity index (χ0n) is 7.49. The van der Waals surface area contributed by atoms with Crippen LogP contribution in [0.15, 0.2) is 30.5 Å². The highest BCUT2D eigenvalue weighted by Crippen LogP contribution is 1.98. The summed E-state index contributed by atoms with van der Waals surface area (Å²) in [6, 6.07) is 4.97. The summed E-state index contributed by atoms with van der Waals surface area (Å²) >= 11 is 0. The van der Waals surface area contributed by atoms with Crippen LogP contribution in [-0.2, 0) is 0 Å². The zero-order valence-corrected chi connectivity index (χ0v) is 7.49. The molecule has 0 spiro atoms. The molecular weight excluding hydrogens is 164 g/mol. The maximum Gasteiger partial charge on any atom is 0.116 e. The first-order valence-corrected chi connectivity index (χ1v) is 3.98. The highest BCUT2D eigenvalue weighted by molar-refractivity contribution is 5.43. The van der Waals surface area contributed by atoms with Crippen molar-refractivity contribution >= 4 is 12.2 Å². The Morgan fingerprint density at radius 1 is 1.38 bits per heavy atom. The Labute approximate surface area is 76.8 Å². The Bertz CT molecular complexity index is 430. The summed E-state index contributed by atoms with van der Waals surface area (Å²) in [6.07, 6.45) is 3.41. The Kier molecular flexibility index (Phi) is 2.75. The second kappa shape index (κ2) is 3.81. The van der Waals surface area contributed by atoms with Crippen molar-refractivity contribution in [3.63, 3.8) is 0 Å². The number of allylic oxidation sites excluding steroid dienone is 1. The third-order valence-electron chi connectivity index (χ3n) is 1.70. The van der Waals surface area contributed by atoms with Crippen LogP contribution in [0.5, 0.6) is 5.75 Å². The van der Waals surface area contributed by atoms with Crippen LogP contribution >= 0.6 is 0 Å². The average molecular weight is 176 g/mol. The van der Waals surface area contributed by atoms with Crippen LogP contribution in [0.1, 0.15) is 6.92 Å². The number of hydrogen-bond acceptors (Lipinski definition) is 2. The van der Waals surface area contributed by atoms with Gasteiger partial charge in [0, 0.05) is 0 Å². The fraction of sp³-hybridized carbons (Fsp3) is 0.0909. The van der Waals surface area contributed by atoms with Crippen LogP contribution in [-0.4, -0.2) is 10.2 Å². The van der Waals surface area contributed by atoms with E-state index < -0.39 is 0 Å². The van der Waals surface area contributed by atoms with E-state index in [4.69, 9.17) is 5.11 Å². The molecule has 0 bridgehead atoms. The molecule has 2 heteroatoms. The summed E-state index contributed by atoms with van der Waals surface area (Å²) in [5.41, 5.74) is 0. The lowest BCUT2D eigenvalue weighted by Crippen LogP contribution is -2.23. The zero-order chi connectivity index (χ0) is 9.84.